The molecule has 1 saturated heterocycles. The molecule has 35 heavy (non-hydrogen) atoms. The van der Waals surface area contributed by atoms with E-state index in [-0.39, 0.29) is 11.7 Å². The van der Waals surface area contributed by atoms with E-state index in [1.54, 1.807) is 43.7 Å². The van der Waals surface area contributed by atoms with E-state index >= 15 is 0 Å². The van der Waals surface area contributed by atoms with E-state index in [1.807, 2.05) is 11.8 Å². The van der Waals surface area contributed by atoms with Crippen molar-refractivity contribution in [3.63, 3.8) is 0 Å². The standard InChI is InChI=1S/C26H23ClFN5O2/c1-16-13-18(28)3-4-19(16)24-25(21-5-7-29-14-22(21)27)31-23(15-30-24)32-8-10-33(11-9-32)26(34)20-6-12-35-17(20)2/h3-7,12-15H,8-11H2,1-2H3. The van der Waals surface area contributed by atoms with Crippen LogP contribution in [0.25, 0.3) is 22.5 Å². The number of aromatic nitrogens is 3. The van der Waals surface area contributed by atoms with Crippen molar-refractivity contribution in [2.24, 2.45) is 0 Å². The summed E-state index contributed by atoms with van der Waals surface area (Å²) in [5.41, 5.74) is 4.02. The van der Waals surface area contributed by atoms with Crippen LogP contribution < -0.4 is 4.90 Å². The van der Waals surface area contributed by atoms with Gasteiger partial charge in [0.05, 0.1) is 28.7 Å². The first-order valence-corrected chi connectivity index (χ1v) is 11.6. The van der Waals surface area contributed by atoms with Gasteiger partial charge in [-0.3, -0.25) is 14.8 Å². The van der Waals surface area contributed by atoms with Gasteiger partial charge in [0.15, 0.2) is 0 Å². The Morgan fingerprint density at radius 1 is 1.03 bits per heavy atom. The van der Waals surface area contributed by atoms with E-state index in [0.29, 0.717) is 65.3 Å². The Kier molecular flexibility index (Phi) is 6.21. The minimum absolute atomic E-state index is 0.0339. The molecule has 0 aliphatic carbocycles. The highest BCUT2D eigenvalue weighted by molar-refractivity contribution is 6.33. The van der Waals surface area contributed by atoms with E-state index < -0.39 is 0 Å². The molecule has 4 heterocycles. The number of aryl methyl sites for hydroxylation is 2. The van der Waals surface area contributed by atoms with Crippen molar-refractivity contribution in [1.82, 2.24) is 19.9 Å². The van der Waals surface area contributed by atoms with E-state index in [1.165, 1.54) is 18.4 Å². The molecule has 0 saturated carbocycles. The molecule has 0 bridgehead atoms. The van der Waals surface area contributed by atoms with Crippen molar-refractivity contribution in [3.8, 4) is 22.5 Å². The summed E-state index contributed by atoms with van der Waals surface area (Å²) in [6.45, 7) is 5.94. The van der Waals surface area contributed by atoms with Gasteiger partial charge >= 0.3 is 0 Å². The Hall–Kier alpha value is -3.78. The Balaban J connectivity index is 1.46. The SMILES string of the molecule is Cc1cc(F)ccc1-c1ncc(N2CCN(C(=O)c3ccoc3C)CC2)nc1-c1ccncc1Cl. The fraction of sp³-hybridized carbons (Fsp3) is 0.231. The lowest BCUT2D eigenvalue weighted by Gasteiger charge is -2.35. The minimum atomic E-state index is -0.308. The third-order valence-corrected chi connectivity index (χ3v) is 6.51. The molecular weight excluding hydrogens is 469 g/mol. The summed E-state index contributed by atoms with van der Waals surface area (Å²) in [5.74, 6) is 0.961. The first kappa shape index (κ1) is 23.0. The predicted molar refractivity (Wildman–Crippen MR) is 132 cm³/mol. The molecule has 9 heteroatoms. The van der Waals surface area contributed by atoms with E-state index in [2.05, 4.69) is 9.88 Å². The maximum atomic E-state index is 13.8. The minimum Gasteiger partial charge on any atom is -0.469 e. The zero-order valence-electron chi connectivity index (χ0n) is 19.3. The average molecular weight is 492 g/mol. The monoisotopic (exact) mass is 491 g/mol. The second-order valence-electron chi connectivity index (χ2n) is 8.41. The van der Waals surface area contributed by atoms with E-state index in [0.717, 1.165) is 11.1 Å². The van der Waals surface area contributed by atoms with E-state index in [9.17, 15) is 9.18 Å². The number of carbonyl (C=O) groups excluding carboxylic acids is 1. The molecule has 5 rings (SSSR count). The van der Waals surface area contributed by atoms with Gasteiger partial charge in [-0.2, -0.15) is 0 Å². The van der Waals surface area contributed by atoms with Gasteiger partial charge in [-0.05, 0) is 49.7 Å². The lowest BCUT2D eigenvalue weighted by Crippen LogP contribution is -2.49. The van der Waals surface area contributed by atoms with Crippen molar-refractivity contribution in [1.29, 1.82) is 0 Å². The van der Waals surface area contributed by atoms with Crippen molar-refractivity contribution >= 4 is 23.3 Å². The largest absolute Gasteiger partial charge is 0.469 e. The highest BCUT2D eigenvalue weighted by atomic mass is 35.5. The number of furan rings is 1. The third kappa shape index (κ3) is 4.49. The zero-order valence-corrected chi connectivity index (χ0v) is 20.1. The molecule has 4 aromatic rings. The predicted octanol–water partition coefficient (Wildman–Crippen LogP) is 5.17. The molecule has 0 N–H and O–H groups in total. The molecule has 0 atom stereocenters. The summed E-state index contributed by atoms with van der Waals surface area (Å²) in [7, 11) is 0. The van der Waals surface area contributed by atoms with Crippen LogP contribution in [0.1, 0.15) is 21.7 Å². The third-order valence-electron chi connectivity index (χ3n) is 6.21. The number of hydrogen-bond donors (Lipinski definition) is 0. The number of benzene rings is 1. The van der Waals surface area contributed by atoms with Crippen LogP contribution in [0.3, 0.4) is 0 Å². The zero-order chi connectivity index (χ0) is 24.5. The summed E-state index contributed by atoms with van der Waals surface area (Å²) < 4.78 is 19.0. The second-order valence-corrected chi connectivity index (χ2v) is 8.82. The van der Waals surface area contributed by atoms with Crippen molar-refractivity contribution in [2.75, 3.05) is 31.1 Å². The van der Waals surface area contributed by atoms with Gasteiger partial charge in [0.1, 0.15) is 23.1 Å². The first-order chi connectivity index (χ1) is 16.9. The maximum Gasteiger partial charge on any atom is 0.257 e. The molecule has 1 fully saturated rings. The second kappa shape index (κ2) is 9.46. The summed E-state index contributed by atoms with van der Waals surface area (Å²) in [4.78, 5) is 30.5. The fourth-order valence-electron chi connectivity index (χ4n) is 4.29. The van der Waals surface area contributed by atoms with Crippen molar-refractivity contribution < 1.29 is 13.6 Å². The molecular formula is C26H23ClFN5O2. The lowest BCUT2D eigenvalue weighted by molar-refractivity contribution is 0.0744. The number of nitrogens with zero attached hydrogens (tertiary/aromatic N) is 5. The molecule has 7 nitrogen and oxygen atoms in total. The maximum absolute atomic E-state index is 13.8. The summed E-state index contributed by atoms with van der Waals surface area (Å²) in [6, 6.07) is 8.09. The van der Waals surface area contributed by atoms with Crippen molar-refractivity contribution in [2.45, 2.75) is 13.8 Å². The molecule has 1 aliphatic heterocycles. The smallest absolute Gasteiger partial charge is 0.257 e. The van der Waals surface area contributed by atoms with Crippen LogP contribution in [0.2, 0.25) is 5.02 Å². The molecule has 1 amide bonds. The van der Waals surface area contributed by atoms with Crippen LogP contribution in [0.4, 0.5) is 10.2 Å². The number of anilines is 1. The number of amides is 1. The molecule has 178 valence electrons. The quantitative estimate of drug-likeness (QED) is 0.392. The highest BCUT2D eigenvalue weighted by Gasteiger charge is 2.26. The van der Waals surface area contributed by atoms with Crippen LogP contribution in [0.5, 0.6) is 0 Å². The Morgan fingerprint density at radius 3 is 2.51 bits per heavy atom. The van der Waals surface area contributed by atoms with Crippen LogP contribution in [-0.4, -0.2) is 51.9 Å². The van der Waals surface area contributed by atoms with Crippen LogP contribution in [-0.2, 0) is 0 Å². The fourth-order valence-corrected chi connectivity index (χ4v) is 4.50. The number of piperazine rings is 1. The summed E-state index contributed by atoms with van der Waals surface area (Å²) in [5, 5.41) is 0.450. The average Bonchev–Trinajstić information content (AvgIpc) is 3.30. The molecule has 0 unspecified atom stereocenters. The molecule has 3 aromatic heterocycles. The first-order valence-electron chi connectivity index (χ1n) is 11.2. The van der Waals surface area contributed by atoms with Crippen LogP contribution >= 0.6 is 11.6 Å². The number of hydrogen-bond acceptors (Lipinski definition) is 6. The van der Waals surface area contributed by atoms with Gasteiger partial charge in [-0.15, -0.1) is 0 Å². The molecule has 1 aliphatic rings. The molecule has 1 aromatic carbocycles. The van der Waals surface area contributed by atoms with Gasteiger partial charge in [0.25, 0.3) is 5.91 Å². The van der Waals surface area contributed by atoms with Crippen LogP contribution in [0.15, 0.2) is 59.6 Å². The number of carbonyl (C=O) groups is 1. The Bertz CT molecular complexity index is 1400. The van der Waals surface area contributed by atoms with Crippen LogP contribution in [0, 0.1) is 19.7 Å². The topological polar surface area (TPSA) is 75.4 Å². The Morgan fingerprint density at radius 2 is 1.83 bits per heavy atom. The highest BCUT2D eigenvalue weighted by Crippen LogP contribution is 2.35. The normalized spacial score (nSPS) is 13.8. The lowest BCUT2D eigenvalue weighted by atomic mass is 10.0. The van der Waals surface area contributed by atoms with Gasteiger partial charge in [-0.25, -0.2) is 9.37 Å². The van der Waals surface area contributed by atoms with Gasteiger partial charge in [0.2, 0.25) is 0 Å². The number of pyridine rings is 1. The van der Waals surface area contributed by atoms with Gasteiger partial charge < -0.3 is 14.2 Å². The Labute approximate surface area is 207 Å². The van der Waals surface area contributed by atoms with Crippen molar-refractivity contribution in [3.05, 3.63) is 82.9 Å². The van der Waals surface area contributed by atoms with E-state index in [4.69, 9.17) is 26.0 Å². The number of rotatable bonds is 4. The summed E-state index contributed by atoms with van der Waals surface area (Å²) in [6.07, 6.45) is 6.47. The van der Waals surface area contributed by atoms with Gasteiger partial charge in [0, 0.05) is 49.7 Å². The molecule has 0 spiro atoms. The molecule has 0 radical (unpaired) electrons. The number of halogens is 2. The summed E-state index contributed by atoms with van der Waals surface area (Å²) >= 11 is 6.48. The van der Waals surface area contributed by atoms with Gasteiger partial charge in [-0.1, -0.05) is 11.6 Å².